The molecule has 0 atom stereocenters. The third-order valence-corrected chi connectivity index (χ3v) is 4.43. The zero-order valence-electron chi connectivity index (χ0n) is 16.9. The smallest absolute Gasteiger partial charge is 0.249 e. The molecule has 2 aromatic rings. The summed E-state index contributed by atoms with van der Waals surface area (Å²) in [4.78, 5) is 24.0. The van der Waals surface area contributed by atoms with Gasteiger partial charge in [-0.05, 0) is 55.7 Å². The first-order valence-corrected chi connectivity index (χ1v) is 9.69. The van der Waals surface area contributed by atoms with E-state index in [0.717, 1.165) is 5.56 Å². The molecule has 0 saturated carbocycles. The molecule has 0 aliphatic carbocycles. The van der Waals surface area contributed by atoms with E-state index in [4.69, 9.17) is 16.3 Å². The number of ether oxygens (including phenoxy) is 1. The molecule has 3 N–H and O–H groups in total. The molecule has 0 bridgehead atoms. The molecule has 2 amide bonds. The maximum atomic E-state index is 12.0. The van der Waals surface area contributed by atoms with E-state index >= 15 is 0 Å². The quantitative estimate of drug-likeness (QED) is 0.243. The summed E-state index contributed by atoms with van der Waals surface area (Å²) in [6, 6.07) is 8.41. The molecule has 8 heteroatoms. The number of phenols is 1. The number of aromatic hydroxyl groups is 1. The molecular weight excluding hydrogens is 406 g/mol. The number of hydrogen-bond acceptors (Lipinski definition) is 5. The van der Waals surface area contributed by atoms with Crippen molar-refractivity contribution in [3.05, 3.63) is 64.7 Å². The van der Waals surface area contributed by atoms with Crippen molar-refractivity contribution in [3.8, 4) is 11.5 Å². The van der Waals surface area contributed by atoms with E-state index in [1.165, 1.54) is 6.21 Å². The van der Waals surface area contributed by atoms with Crippen LogP contribution in [0.15, 0.2) is 48.1 Å². The minimum Gasteiger partial charge on any atom is -0.504 e. The lowest BCUT2D eigenvalue weighted by Gasteiger charge is -2.10. The third-order valence-electron chi connectivity index (χ3n) is 4.02. The van der Waals surface area contributed by atoms with Gasteiger partial charge in [-0.2, -0.15) is 5.10 Å². The van der Waals surface area contributed by atoms with E-state index in [1.807, 2.05) is 13.8 Å². The van der Waals surface area contributed by atoms with Gasteiger partial charge in [0.25, 0.3) is 0 Å². The number of anilines is 1. The Labute approximate surface area is 180 Å². The lowest BCUT2D eigenvalue weighted by molar-refractivity contribution is -0.126. The Hall–Kier alpha value is -3.32. The maximum Gasteiger partial charge on any atom is 0.249 e. The molecule has 0 spiro atoms. The van der Waals surface area contributed by atoms with E-state index in [1.54, 1.807) is 36.4 Å². The summed E-state index contributed by atoms with van der Waals surface area (Å²) in [5.74, 6) is -0.692. The second kappa shape index (κ2) is 11.0. The van der Waals surface area contributed by atoms with Crippen LogP contribution in [0.2, 0.25) is 5.02 Å². The van der Waals surface area contributed by atoms with Gasteiger partial charge in [-0.15, -0.1) is 6.58 Å². The van der Waals surface area contributed by atoms with Gasteiger partial charge in [0, 0.05) is 16.3 Å². The van der Waals surface area contributed by atoms with Crippen molar-refractivity contribution in [1.29, 1.82) is 0 Å². The number of carbonyl (C=O) groups excluding carboxylic acids is 2. The average Bonchev–Trinajstić information content (AvgIpc) is 2.68. The number of nitrogens with zero attached hydrogens (tertiary/aromatic N) is 1. The molecule has 0 radical (unpaired) electrons. The average molecular weight is 430 g/mol. The van der Waals surface area contributed by atoms with Crippen LogP contribution in [0.5, 0.6) is 11.5 Å². The number of amides is 2. The maximum absolute atomic E-state index is 12.0. The standard InChI is InChI=1S/C22H24ClN3O4/c1-4-6-16-9-15(10-19(22(16)29)30-5-2)13-24-26-21(28)12-20(27)25-17-8-7-14(3)18(23)11-17/h4,7-11,13,29H,1,5-6,12H2,2-3H3,(H,25,27)(H,26,28)/b24-13+. The van der Waals surface area contributed by atoms with Gasteiger partial charge in [0.2, 0.25) is 11.8 Å². The number of hydrazone groups is 1. The van der Waals surface area contributed by atoms with Crippen LogP contribution in [-0.4, -0.2) is 29.7 Å². The van der Waals surface area contributed by atoms with E-state index in [-0.39, 0.29) is 5.75 Å². The van der Waals surface area contributed by atoms with Crippen molar-refractivity contribution in [2.24, 2.45) is 5.10 Å². The van der Waals surface area contributed by atoms with Gasteiger partial charge < -0.3 is 15.2 Å². The van der Waals surface area contributed by atoms with Gasteiger partial charge in [-0.3, -0.25) is 9.59 Å². The van der Waals surface area contributed by atoms with Gasteiger partial charge in [0.1, 0.15) is 6.42 Å². The van der Waals surface area contributed by atoms with Crippen LogP contribution in [0.25, 0.3) is 0 Å². The van der Waals surface area contributed by atoms with Gasteiger partial charge in [0.05, 0.1) is 12.8 Å². The number of allylic oxidation sites excluding steroid dienone is 1. The first-order chi connectivity index (χ1) is 14.3. The number of aryl methyl sites for hydroxylation is 1. The molecule has 0 fully saturated rings. The molecular formula is C22H24ClN3O4. The summed E-state index contributed by atoms with van der Waals surface area (Å²) in [7, 11) is 0. The SMILES string of the molecule is C=CCc1cc(/C=N/NC(=O)CC(=O)Nc2ccc(C)c(Cl)c2)cc(OCC)c1O. The van der Waals surface area contributed by atoms with Crippen molar-refractivity contribution in [1.82, 2.24) is 5.43 Å². The molecule has 0 aliphatic heterocycles. The topological polar surface area (TPSA) is 100 Å². The predicted octanol–water partition coefficient (Wildman–Crippen LogP) is 3.96. The number of phenolic OH excluding ortho intramolecular Hbond substituents is 1. The van der Waals surface area contributed by atoms with Crippen LogP contribution in [0.4, 0.5) is 5.69 Å². The number of hydrogen-bond donors (Lipinski definition) is 3. The molecule has 7 nitrogen and oxygen atoms in total. The van der Waals surface area contributed by atoms with Crippen molar-refractivity contribution >= 4 is 35.3 Å². The van der Waals surface area contributed by atoms with Crippen molar-refractivity contribution in [2.45, 2.75) is 26.7 Å². The Morgan fingerprint density at radius 3 is 2.70 bits per heavy atom. The molecule has 158 valence electrons. The lowest BCUT2D eigenvalue weighted by atomic mass is 10.1. The molecule has 0 unspecified atom stereocenters. The van der Waals surface area contributed by atoms with Crippen molar-refractivity contribution in [2.75, 3.05) is 11.9 Å². The molecule has 2 aromatic carbocycles. The molecule has 0 saturated heterocycles. The van der Waals surface area contributed by atoms with Crippen molar-refractivity contribution < 1.29 is 19.4 Å². The Balaban J connectivity index is 1.97. The normalized spacial score (nSPS) is 10.6. The first kappa shape index (κ1) is 23.0. The number of nitrogens with one attached hydrogen (secondary N) is 2. The first-order valence-electron chi connectivity index (χ1n) is 9.31. The molecule has 0 heterocycles. The van der Waals surface area contributed by atoms with E-state index in [9.17, 15) is 14.7 Å². The second-order valence-electron chi connectivity index (χ2n) is 6.43. The Kier molecular flexibility index (Phi) is 8.43. The predicted molar refractivity (Wildman–Crippen MR) is 118 cm³/mol. The van der Waals surface area contributed by atoms with E-state index < -0.39 is 18.2 Å². The van der Waals surface area contributed by atoms with Gasteiger partial charge >= 0.3 is 0 Å². The fourth-order valence-electron chi connectivity index (χ4n) is 2.58. The number of halogens is 1. The largest absolute Gasteiger partial charge is 0.504 e. The third kappa shape index (κ3) is 6.63. The molecule has 0 aliphatic rings. The van der Waals surface area contributed by atoms with Gasteiger partial charge in [0.15, 0.2) is 11.5 Å². The summed E-state index contributed by atoms with van der Waals surface area (Å²) in [5, 5.41) is 17.2. The summed E-state index contributed by atoms with van der Waals surface area (Å²) in [6.45, 7) is 7.72. The molecule has 30 heavy (non-hydrogen) atoms. The highest BCUT2D eigenvalue weighted by molar-refractivity contribution is 6.31. The zero-order valence-corrected chi connectivity index (χ0v) is 17.6. The van der Waals surface area contributed by atoms with Gasteiger partial charge in [-0.25, -0.2) is 5.43 Å². The van der Waals surface area contributed by atoms with Crippen LogP contribution >= 0.6 is 11.6 Å². The fraction of sp³-hybridized carbons (Fsp3) is 0.227. The Morgan fingerprint density at radius 1 is 1.27 bits per heavy atom. The monoisotopic (exact) mass is 429 g/mol. The lowest BCUT2D eigenvalue weighted by Crippen LogP contribution is -2.24. The van der Waals surface area contributed by atoms with E-state index in [0.29, 0.717) is 40.6 Å². The number of benzene rings is 2. The highest BCUT2D eigenvalue weighted by atomic mass is 35.5. The summed E-state index contributed by atoms with van der Waals surface area (Å²) in [5.41, 5.74) is 4.95. The number of rotatable bonds is 9. The Bertz CT molecular complexity index is 973. The molecule has 0 aromatic heterocycles. The Morgan fingerprint density at radius 2 is 2.03 bits per heavy atom. The van der Waals surface area contributed by atoms with Crippen LogP contribution in [0, 0.1) is 6.92 Å². The minimum atomic E-state index is -0.572. The van der Waals surface area contributed by atoms with Crippen LogP contribution in [0.1, 0.15) is 30.0 Å². The second-order valence-corrected chi connectivity index (χ2v) is 6.84. The summed E-state index contributed by atoms with van der Waals surface area (Å²) >= 11 is 6.02. The summed E-state index contributed by atoms with van der Waals surface area (Å²) in [6.07, 6.45) is 3.12. The fourth-order valence-corrected chi connectivity index (χ4v) is 2.76. The van der Waals surface area contributed by atoms with Crippen LogP contribution < -0.4 is 15.5 Å². The van der Waals surface area contributed by atoms with Crippen LogP contribution in [0.3, 0.4) is 0 Å². The summed E-state index contributed by atoms with van der Waals surface area (Å²) < 4.78 is 5.42. The van der Waals surface area contributed by atoms with Gasteiger partial charge in [-0.1, -0.05) is 23.7 Å². The zero-order chi connectivity index (χ0) is 22.1. The highest BCUT2D eigenvalue weighted by Gasteiger charge is 2.11. The van der Waals surface area contributed by atoms with E-state index in [2.05, 4.69) is 22.4 Å². The minimum absolute atomic E-state index is 0.0471. The molecule has 2 rings (SSSR count). The highest BCUT2D eigenvalue weighted by Crippen LogP contribution is 2.32. The number of carbonyl (C=O) groups is 2. The van der Waals surface area contributed by atoms with Crippen LogP contribution in [-0.2, 0) is 16.0 Å². The van der Waals surface area contributed by atoms with Crippen molar-refractivity contribution in [3.63, 3.8) is 0 Å².